The van der Waals surface area contributed by atoms with Gasteiger partial charge in [0.2, 0.25) is 17.7 Å². The number of thioether (sulfide) groups is 1. The average Bonchev–Trinajstić information content (AvgIpc) is 3.47. The Morgan fingerprint density at radius 2 is 1.63 bits per heavy atom. The van der Waals surface area contributed by atoms with Crippen LogP contribution < -0.4 is 24.7 Å². The topological polar surface area (TPSA) is 101 Å². The highest BCUT2D eigenvalue weighted by molar-refractivity contribution is 8.00. The van der Waals surface area contributed by atoms with Crippen LogP contribution in [-0.2, 0) is 27.1 Å². The molecule has 1 aromatic heterocycles. The maximum absolute atomic E-state index is 14.1. The SMILES string of the molecule is COc1ccc(NC(=O)Cn2c3c(sc2=O)[C@H](c2ccc(N(C)C)cc2)C2C(=O)N(c4ccccc4C(F)(F)F)C(=O)C2S3)cc1. The van der Waals surface area contributed by atoms with Gasteiger partial charge in [-0.25, -0.2) is 4.90 Å². The summed E-state index contributed by atoms with van der Waals surface area (Å²) in [5.74, 6) is -3.41. The molecule has 0 saturated carbocycles. The van der Waals surface area contributed by atoms with Gasteiger partial charge >= 0.3 is 11.0 Å². The second-order valence-electron chi connectivity index (χ2n) is 11.0. The quantitative estimate of drug-likeness (QED) is 0.262. The summed E-state index contributed by atoms with van der Waals surface area (Å²) in [5, 5.41) is 1.93. The van der Waals surface area contributed by atoms with Crippen LogP contribution >= 0.6 is 23.1 Å². The Kier molecular flexibility index (Phi) is 8.19. The number of alkyl halides is 3. The molecule has 0 spiro atoms. The molecule has 0 radical (unpaired) electrons. The number of carbonyl (C=O) groups excluding carboxylic acids is 3. The second kappa shape index (κ2) is 12.0. The van der Waals surface area contributed by atoms with E-state index in [1.165, 1.54) is 23.8 Å². The smallest absolute Gasteiger partial charge is 0.418 e. The molecule has 1 saturated heterocycles. The van der Waals surface area contributed by atoms with Gasteiger partial charge in [-0.2, -0.15) is 13.2 Å². The number of hydrogen-bond acceptors (Lipinski definition) is 8. The molecule has 14 heteroatoms. The van der Waals surface area contributed by atoms with Crippen molar-refractivity contribution in [1.82, 2.24) is 4.57 Å². The molecule has 3 atom stereocenters. The zero-order chi connectivity index (χ0) is 32.9. The zero-order valence-corrected chi connectivity index (χ0v) is 26.3. The third-order valence-corrected chi connectivity index (χ3v) is 10.5. The molecule has 3 aromatic carbocycles. The molecular formula is C32H27F3N4O5S2. The van der Waals surface area contributed by atoms with Crippen LogP contribution in [0.15, 0.2) is 82.6 Å². The van der Waals surface area contributed by atoms with Gasteiger partial charge in [-0.1, -0.05) is 47.4 Å². The van der Waals surface area contributed by atoms with E-state index in [9.17, 15) is 32.3 Å². The van der Waals surface area contributed by atoms with Crippen molar-refractivity contribution in [2.45, 2.75) is 28.9 Å². The molecule has 238 valence electrons. The Morgan fingerprint density at radius 1 is 0.957 bits per heavy atom. The summed E-state index contributed by atoms with van der Waals surface area (Å²) in [5.41, 5.74) is 0.312. The second-order valence-corrected chi connectivity index (χ2v) is 13.1. The summed E-state index contributed by atoms with van der Waals surface area (Å²) >= 11 is 1.79. The standard InChI is InChI=1S/C32H27F3N4O5S2/c1-37(2)19-12-8-17(9-13-19)24-25-26(29(42)39(28(25)41)22-7-5-4-6-21(22)32(33,34)35)45-30-27(24)46-31(43)38(30)16-23(40)36-18-10-14-20(44-3)15-11-18/h4-15,24-26H,16H2,1-3H3,(H,36,40)/t24-,25?,26?/m1/s1. The van der Waals surface area contributed by atoms with Crippen molar-refractivity contribution < 1.29 is 32.3 Å². The number of methoxy groups -OCH3 is 1. The van der Waals surface area contributed by atoms with Crippen LogP contribution in [0.3, 0.4) is 0 Å². The van der Waals surface area contributed by atoms with E-state index >= 15 is 0 Å². The van der Waals surface area contributed by atoms with E-state index in [0.717, 1.165) is 40.9 Å². The summed E-state index contributed by atoms with van der Waals surface area (Å²) in [6, 6.07) is 18.3. The van der Waals surface area contributed by atoms with Crippen molar-refractivity contribution in [2.75, 3.05) is 36.3 Å². The number of ether oxygens (including phenoxy) is 1. The van der Waals surface area contributed by atoms with E-state index in [1.54, 1.807) is 36.4 Å². The summed E-state index contributed by atoms with van der Waals surface area (Å²) in [6.45, 7) is -0.379. The summed E-state index contributed by atoms with van der Waals surface area (Å²) in [6.07, 6.45) is -4.81. The monoisotopic (exact) mass is 668 g/mol. The molecule has 9 nitrogen and oxygen atoms in total. The average molecular weight is 669 g/mol. The normalized spacial score (nSPS) is 19.1. The molecule has 0 aliphatic carbocycles. The number of thiazole rings is 1. The van der Waals surface area contributed by atoms with Crippen LogP contribution in [0.4, 0.5) is 30.2 Å². The lowest BCUT2D eigenvalue weighted by Crippen LogP contribution is -2.33. The minimum Gasteiger partial charge on any atom is -0.497 e. The number of halogens is 3. The predicted molar refractivity (Wildman–Crippen MR) is 170 cm³/mol. The number of aromatic nitrogens is 1. The molecule has 3 heterocycles. The number of rotatable bonds is 7. The number of anilines is 3. The Bertz CT molecular complexity index is 1890. The molecule has 2 aliphatic rings. The Hall–Kier alpha value is -4.56. The minimum atomic E-state index is -4.81. The lowest BCUT2D eigenvalue weighted by molar-refractivity contribution is -0.137. The Morgan fingerprint density at radius 3 is 2.26 bits per heavy atom. The summed E-state index contributed by atoms with van der Waals surface area (Å²) < 4.78 is 48.4. The van der Waals surface area contributed by atoms with Crippen molar-refractivity contribution >= 4 is 57.9 Å². The Balaban J connectivity index is 1.42. The summed E-state index contributed by atoms with van der Waals surface area (Å²) in [4.78, 5) is 57.0. The number of nitrogens with zero attached hydrogens (tertiary/aromatic N) is 3. The van der Waals surface area contributed by atoms with Crippen LogP contribution in [0.5, 0.6) is 5.75 Å². The molecule has 1 N–H and O–H groups in total. The molecule has 46 heavy (non-hydrogen) atoms. The fourth-order valence-electron chi connectivity index (χ4n) is 5.76. The first kappa shape index (κ1) is 31.4. The van der Waals surface area contributed by atoms with E-state index in [0.29, 0.717) is 31.8 Å². The van der Waals surface area contributed by atoms with Gasteiger partial charge < -0.3 is 15.0 Å². The number of nitrogens with one attached hydrogen (secondary N) is 1. The molecule has 3 amide bonds. The fourth-order valence-corrected chi connectivity index (χ4v) is 8.53. The molecule has 1 fully saturated rings. The first-order chi connectivity index (χ1) is 21.9. The van der Waals surface area contributed by atoms with Gasteiger partial charge in [-0.3, -0.25) is 23.7 Å². The first-order valence-electron chi connectivity index (χ1n) is 14.0. The van der Waals surface area contributed by atoms with Crippen molar-refractivity contribution in [3.63, 3.8) is 0 Å². The molecule has 4 aromatic rings. The number of amides is 3. The van der Waals surface area contributed by atoms with Gasteiger partial charge in [0.15, 0.2) is 0 Å². The number of hydrogen-bond donors (Lipinski definition) is 1. The van der Waals surface area contributed by atoms with E-state index < -0.39 is 57.1 Å². The first-order valence-corrected chi connectivity index (χ1v) is 15.7. The molecular weight excluding hydrogens is 642 g/mol. The molecule has 2 unspecified atom stereocenters. The number of fused-ring (bicyclic) bond motifs is 2. The Labute approximate surface area is 269 Å². The third-order valence-electron chi connectivity index (χ3n) is 7.94. The van der Waals surface area contributed by atoms with Gasteiger partial charge in [0.1, 0.15) is 17.5 Å². The molecule has 6 rings (SSSR count). The number of carbonyl (C=O) groups is 3. The minimum absolute atomic E-state index is 0.329. The van der Waals surface area contributed by atoms with E-state index in [-0.39, 0.29) is 6.54 Å². The lowest BCUT2D eigenvalue weighted by atomic mass is 9.83. The van der Waals surface area contributed by atoms with Crippen LogP contribution in [0.1, 0.15) is 21.9 Å². The van der Waals surface area contributed by atoms with E-state index in [4.69, 9.17) is 4.74 Å². The van der Waals surface area contributed by atoms with Crippen molar-refractivity contribution in [2.24, 2.45) is 5.92 Å². The lowest BCUT2D eigenvalue weighted by Gasteiger charge is -2.31. The van der Waals surface area contributed by atoms with Gasteiger partial charge in [0.05, 0.1) is 29.3 Å². The number of imide groups is 1. The van der Waals surface area contributed by atoms with Crippen molar-refractivity contribution in [3.8, 4) is 5.75 Å². The highest BCUT2D eigenvalue weighted by Gasteiger charge is 2.57. The van der Waals surface area contributed by atoms with Gasteiger partial charge in [-0.15, -0.1) is 0 Å². The summed E-state index contributed by atoms with van der Waals surface area (Å²) in [7, 11) is 5.24. The number of para-hydroxylation sites is 1. The predicted octanol–water partition coefficient (Wildman–Crippen LogP) is 5.44. The van der Waals surface area contributed by atoms with Crippen molar-refractivity contribution in [3.05, 3.63) is 98.5 Å². The molecule has 0 bridgehead atoms. The van der Waals surface area contributed by atoms with Gasteiger partial charge in [0, 0.05) is 36.3 Å². The highest BCUT2D eigenvalue weighted by atomic mass is 32.2. The zero-order valence-electron chi connectivity index (χ0n) is 24.7. The van der Waals surface area contributed by atoms with Gasteiger partial charge in [0.25, 0.3) is 0 Å². The molecule has 2 aliphatic heterocycles. The van der Waals surface area contributed by atoms with Gasteiger partial charge in [-0.05, 0) is 54.1 Å². The van der Waals surface area contributed by atoms with E-state index in [2.05, 4.69) is 5.32 Å². The largest absolute Gasteiger partial charge is 0.497 e. The number of benzene rings is 3. The third kappa shape index (κ3) is 5.55. The maximum atomic E-state index is 14.1. The van der Waals surface area contributed by atoms with Crippen LogP contribution in [0.25, 0.3) is 0 Å². The maximum Gasteiger partial charge on any atom is 0.418 e. The van der Waals surface area contributed by atoms with E-state index in [1.807, 2.05) is 31.1 Å². The van der Waals surface area contributed by atoms with Crippen LogP contribution in [0, 0.1) is 5.92 Å². The van der Waals surface area contributed by atoms with Crippen LogP contribution in [-0.4, -0.2) is 48.7 Å². The van der Waals surface area contributed by atoms with Crippen LogP contribution in [0.2, 0.25) is 0 Å². The van der Waals surface area contributed by atoms with Crippen molar-refractivity contribution in [1.29, 1.82) is 0 Å². The highest BCUT2D eigenvalue weighted by Crippen LogP contribution is 2.54. The fraction of sp³-hybridized carbons (Fsp3) is 0.250.